The number of aromatic nitrogens is 1. The summed E-state index contributed by atoms with van der Waals surface area (Å²) in [5, 5.41) is 12.1. The van der Waals surface area contributed by atoms with Gasteiger partial charge >= 0.3 is 0 Å². The van der Waals surface area contributed by atoms with Crippen LogP contribution in [-0.4, -0.2) is 59.6 Å². The number of benzene rings is 2. The molecule has 1 amide bonds. The smallest absolute Gasteiger partial charge is 0.289 e. The lowest BCUT2D eigenvalue weighted by atomic mass is 10.1. The Balaban J connectivity index is 1.53. The summed E-state index contributed by atoms with van der Waals surface area (Å²) in [6.07, 6.45) is 0. The van der Waals surface area contributed by atoms with Gasteiger partial charge in [0.1, 0.15) is 0 Å². The van der Waals surface area contributed by atoms with Crippen molar-refractivity contribution in [1.29, 1.82) is 0 Å². The lowest BCUT2D eigenvalue weighted by Gasteiger charge is -2.34. The van der Waals surface area contributed by atoms with Crippen molar-refractivity contribution in [2.75, 3.05) is 26.2 Å². The van der Waals surface area contributed by atoms with Gasteiger partial charge in [-0.1, -0.05) is 24.3 Å². The summed E-state index contributed by atoms with van der Waals surface area (Å²) in [6, 6.07) is 12.9. The minimum Gasteiger partial charge on any atom is -0.336 e. The molecule has 32 heavy (non-hydrogen) atoms. The van der Waals surface area contributed by atoms with Gasteiger partial charge in [-0.05, 0) is 37.6 Å². The highest BCUT2D eigenvalue weighted by molar-refractivity contribution is 7.89. The topological polar surface area (TPSA) is 114 Å². The number of nitrogens with zero attached hydrogens (tertiary/aromatic N) is 4. The van der Waals surface area contributed by atoms with Gasteiger partial charge in [-0.2, -0.15) is 4.31 Å². The molecule has 0 aliphatic carbocycles. The zero-order chi connectivity index (χ0) is 23.0. The fourth-order valence-corrected chi connectivity index (χ4v) is 5.44. The molecule has 0 unspecified atom stereocenters. The quantitative estimate of drug-likeness (QED) is 0.442. The number of carbonyl (C=O) groups is 1. The van der Waals surface area contributed by atoms with E-state index in [1.807, 2.05) is 31.2 Å². The maximum atomic E-state index is 13.1. The van der Waals surface area contributed by atoms with Crippen molar-refractivity contribution in [3.05, 3.63) is 75.5 Å². The zero-order valence-electron chi connectivity index (χ0n) is 17.7. The average molecular weight is 455 g/mol. The first-order valence-electron chi connectivity index (χ1n) is 10.1. The lowest BCUT2D eigenvalue weighted by molar-refractivity contribution is -0.387. The van der Waals surface area contributed by atoms with E-state index in [1.165, 1.54) is 28.6 Å². The monoisotopic (exact) mass is 454 g/mol. The van der Waals surface area contributed by atoms with Gasteiger partial charge in [-0.3, -0.25) is 19.9 Å². The molecule has 2 aromatic carbocycles. The normalized spacial score (nSPS) is 15.1. The number of hydrogen-bond acceptors (Lipinski definition) is 6. The largest absolute Gasteiger partial charge is 0.336 e. The molecule has 0 radical (unpaired) electrons. The summed E-state index contributed by atoms with van der Waals surface area (Å²) >= 11 is 0. The maximum Gasteiger partial charge on any atom is 0.289 e. The first kappa shape index (κ1) is 21.8. The third-order valence-electron chi connectivity index (χ3n) is 5.60. The van der Waals surface area contributed by atoms with E-state index in [0.717, 1.165) is 16.5 Å². The van der Waals surface area contributed by atoms with Crippen LogP contribution < -0.4 is 0 Å². The van der Waals surface area contributed by atoms with E-state index in [4.69, 9.17) is 0 Å². The number of rotatable bonds is 4. The van der Waals surface area contributed by atoms with Crippen molar-refractivity contribution in [3.8, 4) is 0 Å². The van der Waals surface area contributed by atoms with Gasteiger partial charge in [0, 0.05) is 37.6 Å². The van der Waals surface area contributed by atoms with E-state index in [0.29, 0.717) is 11.3 Å². The summed E-state index contributed by atoms with van der Waals surface area (Å²) < 4.78 is 27.2. The van der Waals surface area contributed by atoms with E-state index in [2.05, 4.69) is 4.98 Å². The van der Waals surface area contributed by atoms with Crippen molar-refractivity contribution in [2.24, 2.45) is 0 Å². The van der Waals surface area contributed by atoms with E-state index < -0.39 is 20.6 Å². The first-order chi connectivity index (χ1) is 15.2. The zero-order valence-corrected chi connectivity index (χ0v) is 18.5. The Hall–Kier alpha value is -3.37. The van der Waals surface area contributed by atoms with E-state index in [9.17, 15) is 23.3 Å². The molecular formula is C22H22N4O5S. The Morgan fingerprint density at radius 3 is 2.41 bits per heavy atom. The number of aryl methyl sites for hydroxylation is 2. The number of carbonyl (C=O) groups excluding carboxylic acids is 1. The Labute approximate surface area is 185 Å². The maximum absolute atomic E-state index is 13.1. The first-order valence-corrected chi connectivity index (χ1v) is 11.5. The lowest BCUT2D eigenvalue weighted by Crippen LogP contribution is -2.50. The summed E-state index contributed by atoms with van der Waals surface area (Å²) in [4.78, 5) is 29.5. The number of nitro groups is 1. The van der Waals surface area contributed by atoms with E-state index in [1.54, 1.807) is 11.8 Å². The van der Waals surface area contributed by atoms with Gasteiger partial charge in [0.2, 0.25) is 10.0 Å². The van der Waals surface area contributed by atoms with Crippen LogP contribution in [0, 0.1) is 24.0 Å². The summed E-state index contributed by atoms with van der Waals surface area (Å²) in [6.45, 7) is 4.24. The highest BCUT2D eigenvalue weighted by atomic mass is 32.2. The third kappa shape index (κ3) is 3.94. The number of sulfonamides is 1. The minimum atomic E-state index is -4.05. The SMILES string of the molecule is Cc1ccc2cc(C(=O)N3CCN(S(=O)(=O)c4ccccc4[N+](=O)[O-])CC3)c(C)nc2c1. The molecule has 9 nitrogen and oxygen atoms in total. The number of para-hydroxylation sites is 1. The second kappa shape index (κ2) is 8.29. The molecule has 1 saturated heterocycles. The molecule has 4 rings (SSSR count). The molecular weight excluding hydrogens is 432 g/mol. The van der Waals surface area contributed by atoms with Gasteiger partial charge in [-0.15, -0.1) is 0 Å². The number of piperazine rings is 1. The Bertz CT molecular complexity index is 1330. The fourth-order valence-electron chi connectivity index (χ4n) is 3.86. The van der Waals surface area contributed by atoms with Crippen molar-refractivity contribution >= 4 is 32.5 Å². The number of hydrogen-bond donors (Lipinski definition) is 0. The van der Waals surface area contributed by atoms with Crippen LogP contribution in [0.5, 0.6) is 0 Å². The van der Waals surface area contributed by atoms with Crippen molar-refractivity contribution < 1.29 is 18.1 Å². The van der Waals surface area contributed by atoms with Crippen molar-refractivity contribution in [1.82, 2.24) is 14.2 Å². The Morgan fingerprint density at radius 1 is 1.03 bits per heavy atom. The molecule has 2 heterocycles. The van der Waals surface area contributed by atoms with Crippen LogP contribution in [-0.2, 0) is 10.0 Å². The minimum absolute atomic E-state index is 0.0549. The molecule has 0 saturated carbocycles. The van der Waals surface area contributed by atoms with E-state index >= 15 is 0 Å². The number of nitro benzene ring substituents is 1. The number of pyridine rings is 1. The average Bonchev–Trinajstić information content (AvgIpc) is 2.78. The molecule has 1 aromatic heterocycles. The number of amides is 1. The van der Waals surface area contributed by atoms with Crippen LogP contribution in [0.1, 0.15) is 21.6 Å². The standard InChI is InChI=1S/C22H22N4O5S/c1-15-7-8-17-14-18(16(2)23-19(17)13-15)22(27)24-9-11-25(12-10-24)32(30,31)21-6-4-3-5-20(21)26(28)29/h3-8,13-14H,9-12H2,1-2H3. The van der Waals surface area contributed by atoms with Crippen LogP contribution >= 0.6 is 0 Å². The molecule has 166 valence electrons. The molecule has 1 aliphatic heterocycles. The predicted molar refractivity (Wildman–Crippen MR) is 119 cm³/mol. The molecule has 1 aliphatic rings. The summed E-state index contributed by atoms with van der Waals surface area (Å²) in [5.74, 6) is -0.208. The molecule has 3 aromatic rings. The molecule has 0 atom stereocenters. The van der Waals surface area contributed by atoms with Crippen LogP contribution in [0.2, 0.25) is 0 Å². The molecule has 1 fully saturated rings. The summed E-state index contributed by atoms with van der Waals surface area (Å²) in [5.41, 5.74) is 2.54. The molecule has 10 heteroatoms. The van der Waals surface area contributed by atoms with Gasteiger partial charge in [0.15, 0.2) is 4.90 Å². The van der Waals surface area contributed by atoms with Gasteiger partial charge in [0.25, 0.3) is 11.6 Å². The second-order valence-electron chi connectivity index (χ2n) is 7.74. The second-order valence-corrected chi connectivity index (χ2v) is 9.64. The Kier molecular flexibility index (Phi) is 5.66. The van der Waals surface area contributed by atoms with Crippen LogP contribution in [0.25, 0.3) is 10.9 Å². The highest BCUT2D eigenvalue weighted by Crippen LogP contribution is 2.27. The van der Waals surface area contributed by atoms with Crippen LogP contribution in [0.3, 0.4) is 0 Å². The van der Waals surface area contributed by atoms with Gasteiger partial charge in [0.05, 0.1) is 21.7 Å². The third-order valence-corrected chi connectivity index (χ3v) is 7.55. The summed E-state index contributed by atoms with van der Waals surface area (Å²) in [7, 11) is -4.05. The van der Waals surface area contributed by atoms with Crippen LogP contribution in [0.15, 0.2) is 53.4 Å². The Morgan fingerprint density at radius 2 is 1.72 bits per heavy atom. The van der Waals surface area contributed by atoms with Crippen LogP contribution in [0.4, 0.5) is 5.69 Å². The van der Waals surface area contributed by atoms with Gasteiger partial charge in [-0.25, -0.2) is 8.42 Å². The van der Waals surface area contributed by atoms with Gasteiger partial charge < -0.3 is 4.90 Å². The van der Waals surface area contributed by atoms with Crippen molar-refractivity contribution in [2.45, 2.75) is 18.7 Å². The molecule has 0 spiro atoms. The molecule has 0 bridgehead atoms. The number of fused-ring (bicyclic) bond motifs is 1. The highest BCUT2D eigenvalue weighted by Gasteiger charge is 2.34. The van der Waals surface area contributed by atoms with E-state index in [-0.39, 0.29) is 37.0 Å². The fraction of sp³-hybridized carbons (Fsp3) is 0.273. The predicted octanol–water partition coefficient (Wildman–Crippen LogP) is 2.91. The van der Waals surface area contributed by atoms with Crippen molar-refractivity contribution in [3.63, 3.8) is 0 Å². The molecule has 0 N–H and O–H groups in total.